The predicted molar refractivity (Wildman–Crippen MR) is 111 cm³/mol. The van der Waals surface area contributed by atoms with Gasteiger partial charge in [0.25, 0.3) is 0 Å². The zero-order chi connectivity index (χ0) is 19.7. The number of halogens is 2. The second-order valence-corrected chi connectivity index (χ2v) is 8.80. The van der Waals surface area contributed by atoms with Crippen LogP contribution in [0.15, 0.2) is 36.4 Å². The Morgan fingerprint density at radius 1 is 1.04 bits per heavy atom. The molecule has 0 saturated heterocycles. The van der Waals surface area contributed by atoms with Crippen LogP contribution in [0.3, 0.4) is 0 Å². The fourth-order valence-corrected chi connectivity index (χ4v) is 5.37. The molecular weight excluding hydrogens is 354 g/mol. The molecule has 0 amide bonds. The Morgan fingerprint density at radius 2 is 1.82 bits per heavy atom. The highest BCUT2D eigenvalue weighted by molar-refractivity contribution is 5.85. The Balaban J connectivity index is 1.58. The molecule has 4 unspecified atom stereocenters. The molecule has 0 aromatic heterocycles. The Hall–Kier alpha value is -1.90. The molecule has 2 aliphatic rings. The minimum atomic E-state index is -0.502. The van der Waals surface area contributed by atoms with Gasteiger partial charge in [0.2, 0.25) is 0 Å². The van der Waals surface area contributed by atoms with E-state index in [0.29, 0.717) is 17.4 Å². The molecule has 150 valence electrons. The summed E-state index contributed by atoms with van der Waals surface area (Å²) in [6.07, 6.45) is 10.9. The van der Waals surface area contributed by atoms with Gasteiger partial charge in [-0.05, 0) is 85.8 Å². The van der Waals surface area contributed by atoms with Crippen molar-refractivity contribution in [3.63, 3.8) is 0 Å². The number of allylic oxidation sites excluding steroid dienone is 1. The van der Waals surface area contributed by atoms with E-state index in [9.17, 15) is 4.39 Å². The van der Waals surface area contributed by atoms with Gasteiger partial charge in [0.05, 0.1) is 0 Å². The van der Waals surface area contributed by atoms with E-state index in [1.807, 2.05) is 31.2 Å². The van der Waals surface area contributed by atoms with Gasteiger partial charge in [-0.25, -0.2) is 8.78 Å². The molecule has 0 aliphatic heterocycles. The molecule has 2 aromatic rings. The van der Waals surface area contributed by atoms with Crippen LogP contribution in [0.2, 0.25) is 0 Å². The highest BCUT2D eigenvalue weighted by atomic mass is 19.1. The van der Waals surface area contributed by atoms with E-state index in [-0.39, 0.29) is 17.5 Å². The first-order valence-electron chi connectivity index (χ1n) is 10.7. The van der Waals surface area contributed by atoms with Crippen LogP contribution in [0, 0.1) is 29.4 Å². The summed E-state index contributed by atoms with van der Waals surface area (Å²) in [6, 6.07) is 6.75. The van der Waals surface area contributed by atoms with E-state index >= 15 is 4.39 Å². The lowest BCUT2D eigenvalue weighted by Crippen LogP contribution is -2.29. The highest BCUT2D eigenvalue weighted by Gasteiger charge is 2.35. The van der Waals surface area contributed by atoms with Gasteiger partial charge in [-0.1, -0.05) is 37.6 Å². The lowest BCUT2D eigenvalue weighted by Gasteiger charge is -2.41. The van der Waals surface area contributed by atoms with Gasteiger partial charge in [0, 0.05) is 5.39 Å². The minimum Gasteiger partial charge on any atom is -0.486 e. The number of benzene rings is 2. The molecule has 2 saturated carbocycles. The summed E-state index contributed by atoms with van der Waals surface area (Å²) in [6.45, 7) is 4.55. The van der Waals surface area contributed by atoms with Crippen molar-refractivity contribution in [2.75, 3.05) is 6.61 Å². The zero-order valence-electron chi connectivity index (χ0n) is 16.9. The van der Waals surface area contributed by atoms with Crippen molar-refractivity contribution in [3.05, 3.63) is 53.6 Å². The van der Waals surface area contributed by atoms with E-state index in [1.54, 1.807) is 6.07 Å². The van der Waals surface area contributed by atoms with Crippen LogP contribution >= 0.6 is 0 Å². The summed E-state index contributed by atoms with van der Waals surface area (Å²) in [4.78, 5) is 0. The molecule has 0 radical (unpaired) electrons. The quantitative estimate of drug-likeness (QED) is 0.499. The average molecular weight is 385 g/mol. The van der Waals surface area contributed by atoms with Crippen LogP contribution in [0.25, 0.3) is 10.8 Å². The van der Waals surface area contributed by atoms with Crippen molar-refractivity contribution in [2.24, 2.45) is 17.8 Å². The average Bonchev–Trinajstić information content (AvgIpc) is 2.69. The molecule has 28 heavy (non-hydrogen) atoms. The van der Waals surface area contributed by atoms with Crippen LogP contribution in [0.5, 0.6) is 5.75 Å². The van der Waals surface area contributed by atoms with Crippen molar-refractivity contribution in [1.82, 2.24) is 0 Å². The maximum absolute atomic E-state index is 15.3. The Bertz CT molecular complexity index is 872. The van der Waals surface area contributed by atoms with Gasteiger partial charge in [-0.3, -0.25) is 0 Å². The maximum atomic E-state index is 15.3. The largest absolute Gasteiger partial charge is 0.486 e. The summed E-state index contributed by atoms with van der Waals surface area (Å²) in [5.74, 6) is 2.06. The van der Waals surface area contributed by atoms with Crippen LogP contribution in [-0.2, 0) is 0 Å². The van der Waals surface area contributed by atoms with Gasteiger partial charge >= 0.3 is 0 Å². The second kappa shape index (κ2) is 8.23. The summed E-state index contributed by atoms with van der Waals surface area (Å²) < 4.78 is 35.2. The first kappa shape index (κ1) is 19.4. The van der Waals surface area contributed by atoms with Gasteiger partial charge in [-0.15, -0.1) is 0 Å². The number of hydrogen-bond acceptors (Lipinski definition) is 1. The highest BCUT2D eigenvalue weighted by Crippen LogP contribution is 2.48. The maximum Gasteiger partial charge on any atom is 0.165 e. The van der Waals surface area contributed by atoms with Crippen molar-refractivity contribution in [3.8, 4) is 5.75 Å². The van der Waals surface area contributed by atoms with E-state index in [0.717, 1.165) is 36.2 Å². The van der Waals surface area contributed by atoms with E-state index in [2.05, 4.69) is 6.92 Å². The Kier molecular flexibility index (Phi) is 5.70. The number of rotatable bonds is 4. The van der Waals surface area contributed by atoms with E-state index in [1.165, 1.54) is 31.7 Å². The summed E-state index contributed by atoms with van der Waals surface area (Å²) in [5.41, 5.74) is 0.770. The molecule has 4 rings (SSSR count). The minimum absolute atomic E-state index is 0.176. The number of ether oxygens (including phenoxy) is 1. The molecule has 0 N–H and O–H groups in total. The molecule has 0 heterocycles. The van der Waals surface area contributed by atoms with Crippen LogP contribution in [0.1, 0.15) is 63.9 Å². The second-order valence-electron chi connectivity index (χ2n) is 8.80. The SMILES string of the molecule is CC=CCOc1cc2ccc(C3CCC4CC(C)CCC4C3)c(F)c2cc1F. The zero-order valence-corrected chi connectivity index (χ0v) is 16.9. The molecule has 0 bridgehead atoms. The van der Waals surface area contributed by atoms with E-state index in [4.69, 9.17) is 4.74 Å². The summed E-state index contributed by atoms with van der Waals surface area (Å²) >= 11 is 0. The van der Waals surface area contributed by atoms with Crippen molar-refractivity contribution >= 4 is 10.8 Å². The molecule has 0 spiro atoms. The lowest BCUT2D eigenvalue weighted by atomic mass is 9.64. The van der Waals surface area contributed by atoms with Crippen LogP contribution in [-0.4, -0.2) is 6.61 Å². The molecule has 3 heteroatoms. The molecule has 2 aliphatic carbocycles. The van der Waals surface area contributed by atoms with Gasteiger partial charge in [0.15, 0.2) is 11.6 Å². The standard InChI is InChI=1S/C25H30F2O/c1-3-4-11-28-24-14-20-9-10-21(25(27)22(20)15-23(24)26)19-8-7-17-12-16(2)5-6-18(17)13-19/h3-4,9-10,14-19H,5-8,11-13H2,1-2H3. The fourth-order valence-electron chi connectivity index (χ4n) is 5.37. The van der Waals surface area contributed by atoms with Gasteiger partial charge in [0.1, 0.15) is 12.4 Å². The molecule has 1 nitrogen and oxygen atoms in total. The molecule has 4 atom stereocenters. The first-order chi connectivity index (χ1) is 13.6. The van der Waals surface area contributed by atoms with E-state index < -0.39 is 5.82 Å². The van der Waals surface area contributed by atoms with Crippen molar-refractivity contribution in [1.29, 1.82) is 0 Å². The number of fused-ring (bicyclic) bond motifs is 2. The van der Waals surface area contributed by atoms with Crippen molar-refractivity contribution in [2.45, 2.75) is 58.3 Å². The topological polar surface area (TPSA) is 9.23 Å². The molecular formula is C25H30F2O. The summed E-state index contributed by atoms with van der Waals surface area (Å²) in [5, 5.41) is 1.06. The lowest BCUT2D eigenvalue weighted by molar-refractivity contribution is 0.124. The third-order valence-electron chi connectivity index (χ3n) is 6.92. The smallest absolute Gasteiger partial charge is 0.165 e. The van der Waals surface area contributed by atoms with Crippen molar-refractivity contribution < 1.29 is 13.5 Å². The van der Waals surface area contributed by atoms with Gasteiger partial charge < -0.3 is 4.74 Å². The van der Waals surface area contributed by atoms with Crippen LogP contribution in [0.4, 0.5) is 8.78 Å². The monoisotopic (exact) mass is 384 g/mol. The first-order valence-corrected chi connectivity index (χ1v) is 10.7. The number of hydrogen-bond donors (Lipinski definition) is 0. The van der Waals surface area contributed by atoms with Gasteiger partial charge in [-0.2, -0.15) is 0 Å². The normalized spacial score (nSPS) is 27.9. The molecule has 2 aromatic carbocycles. The third-order valence-corrected chi connectivity index (χ3v) is 6.92. The summed E-state index contributed by atoms with van der Waals surface area (Å²) in [7, 11) is 0. The third kappa shape index (κ3) is 3.81. The Labute approximate surface area is 166 Å². The predicted octanol–water partition coefficient (Wildman–Crippen LogP) is 7.39. The fraction of sp³-hybridized carbons (Fsp3) is 0.520. The molecule has 2 fully saturated rings. The van der Waals surface area contributed by atoms with Crippen LogP contribution < -0.4 is 4.74 Å². The Morgan fingerprint density at radius 3 is 2.64 bits per heavy atom.